The van der Waals surface area contributed by atoms with E-state index in [9.17, 15) is 0 Å². The predicted molar refractivity (Wildman–Crippen MR) is 117 cm³/mol. The van der Waals surface area contributed by atoms with E-state index in [1.54, 1.807) is 0 Å². The molecule has 0 fully saturated rings. The highest BCUT2D eigenvalue weighted by atomic mass is 16.5. The van der Waals surface area contributed by atoms with Crippen LogP contribution < -0.4 is 9.47 Å². The molecule has 0 aliphatic heterocycles. The Morgan fingerprint density at radius 2 is 0.929 bits per heavy atom. The molecule has 2 radical (unpaired) electrons. The molecule has 0 aliphatic carbocycles. The van der Waals surface area contributed by atoms with Crippen molar-refractivity contribution in [1.29, 1.82) is 0 Å². The molecule has 0 bridgehead atoms. The Hall–Kier alpha value is -3.00. The highest BCUT2D eigenvalue weighted by Crippen LogP contribution is 2.21. The molecule has 2 nitrogen and oxygen atoms in total. The largest absolute Gasteiger partial charge is 0.490 e. The van der Waals surface area contributed by atoms with Gasteiger partial charge in [0.25, 0.3) is 0 Å². The number of benzene rings is 4. The average Bonchev–Trinajstić information content (AvgIpc) is 2.67. The lowest BCUT2D eigenvalue weighted by molar-refractivity contribution is 0.242. The first-order chi connectivity index (χ1) is 13.5. The number of ether oxygens (including phenoxy) is 2. The molecule has 0 unspecified atom stereocenters. The fourth-order valence-electron chi connectivity index (χ4n) is 2.84. The molecule has 0 heterocycles. The lowest BCUT2D eigenvalue weighted by atomic mass is 10.1. The van der Waals surface area contributed by atoms with Crippen molar-refractivity contribution in [1.82, 2.24) is 0 Å². The van der Waals surface area contributed by atoms with Gasteiger partial charge in [0.2, 0.25) is 0 Å². The third-order valence-electron chi connectivity index (χ3n) is 3.99. The number of hydrogen-bond donors (Lipinski definition) is 0. The summed E-state index contributed by atoms with van der Waals surface area (Å²) in [4.78, 5) is 0. The Morgan fingerprint density at radius 1 is 0.536 bits per heavy atom. The molecule has 0 aromatic heterocycles. The first-order valence-electron chi connectivity index (χ1n) is 9.67. The summed E-state index contributed by atoms with van der Waals surface area (Å²) in [5, 5.41) is 4.60. The van der Waals surface area contributed by atoms with Crippen LogP contribution in [-0.4, -0.2) is 12.2 Å². The lowest BCUT2D eigenvalue weighted by Crippen LogP contribution is -2.05. The topological polar surface area (TPSA) is 18.5 Å². The van der Waals surface area contributed by atoms with Crippen molar-refractivity contribution in [2.75, 3.05) is 0 Å². The summed E-state index contributed by atoms with van der Waals surface area (Å²) in [5.74, 6) is 1.64. The van der Waals surface area contributed by atoms with E-state index in [0.717, 1.165) is 22.3 Å². The predicted octanol–water partition coefficient (Wildman–Crippen LogP) is 6.85. The van der Waals surface area contributed by atoms with Crippen LogP contribution >= 0.6 is 0 Å². The smallest absolute Gasteiger partial charge is 0.128 e. The van der Waals surface area contributed by atoms with Gasteiger partial charge in [-0.25, -0.2) is 0 Å². The lowest BCUT2D eigenvalue weighted by Gasteiger charge is -2.09. The van der Waals surface area contributed by atoms with Gasteiger partial charge >= 0.3 is 0 Å². The second-order valence-corrected chi connectivity index (χ2v) is 7.15. The van der Waals surface area contributed by atoms with E-state index < -0.39 is 0 Å². The summed E-state index contributed by atoms with van der Waals surface area (Å²) < 4.78 is 11.1. The fourth-order valence-corrected chi connectivity index (χ4v) is 2.84. The Balaban J connectivity index is 0.000000161. The van der Waals surface area contributed by atoms with Crippen molar-refractivity contribution < 1.29 is 9.47 Å². The van der Waals surface area contributed by atoms with Crippen LogP contribution in [0.25, 0.3) is 21.5 Å². The summed E-state index contributed by atoms with van der Waals surface area (Å²) >= 11 is 0. The van der Waals surface area contributed by atoms with Crippen LogP contribution in [0.15, 0.2) is 72.8 Å². The number of fused-ring (bicyclic) bond motifs is 2. The van der Waals surface area contributed by atoms with E-state index in [-0.39, 0.29) is 12.2 Å². The molecule has 0 aliphatic rings. The summed E-state index contributed by atoms with van der Waals surface area (Å²) in [6.07, 6.45) is 0.403. The van der Waals surface area contributed by atoms with E-state index in [1.165, 1.54) is 10.8 Å². The molecule has 4 rings (SSSR count). The monoisotopic (exact) mass is 370 g/mol. The molecule has 4 aromatic carbocycles. The van der Waals surface area contributed by atoms with Crippen LogP contribution in [0, 0.1) is 12.1 Å². The summed E-state index contributed by atoms with van der Waals surface area (Å²) in [7, 11) is 0. The number of rotatable bonds is 4. The molecule has 0 atom stereocenters. The first kappa shape index (κ1) is 19.8. The van der Waals surface area contributed by atoms with Crippen LogP contribution in [0.3, 0.4) is 0 Å². The molecule has 4 aromatic rings. The van der Waals surface area contributed by atoms with Gasteiger partial charge in [0.15, 0.2) is 0 Å². The van der Waals surface area contributed by atoms with Crippen molar-refractivity contribution in [3.63, 3.8) is 0 Å². The van der Waals surface area contributed by atoms with Gasteiger partial charge in [-0.2, -0.15) is 0 Å². The van der Waals surface area contributed by atoms with Crippen LogP contribution in [0.2, 0.25) is 0 Å². The molecular formula is C26H26O2. The van der Waals surface area contributed by atoms with E-state index in [2.05, 4.69) is 36.4 Å². The van der Waals surface area contributed by atoms with Crippen molar-refractivity contribution in [3.8, 4) is 11.5 Å². The van der Waals surface area contributed by atoms with Crippen molar-refractivity contribution >= 4 is 21.5 Å². The van der Waals surface area contributed by atoms with E-state index in [0.29, 0.717) is 0 Å². The normalized spacial score (nSPS) is 10.8. The molecular weight excluding hydrogens is 344 g/mol. The molecule has 2 heteroatoms. The maximum atomic E-state index is 5.57. The van der Waals surface area contributed by atoms with Crippen LogP contribution in [-0.2, 0) is 0 Å². The fraction of sp³-hybridized carbons (Fsp3) is 0.231. The zero-order valence-corrected chi connectivity index (χ0v) is 16.9. The molecule has 0 spiro atoms. The van der Waals surface area contributed by atoms with Crippen molar-refractivity contribution in [2.24, 2.45) is 0 Å². The molecule has 0 N–H and O–H groups in total. The Labute approximate surface area is 167 Å². The highest BCUT2D eigenvalue weighted by Gasteiger charge is 2.00. The molecule has 0 saturated carbocycles. The van der Waals surface area contributed by atoms with Crippen molar-refractivity contribution in [3.05, 3.63) is 84.9 Å². The Bertz CT molecular complexity index is 949. The third-order valence-corrected chi connectivity index (χ3v) is 3.99. The zero-order valence-electron chi connectivity index (χ0n) is 16.9. The van der Waals surface area contributed by atoms with Gasteiger partial charge in [-0.3, -0.25) is 0 Å². The Morgan fingerprint density at radius 3 is 1.32 bits per heavy atom. The van der Waals surface area contributed by atoms with Gasteiger partial charge in [-0.15, -0.1) is 0 Å². The van der Waals surface area contributed by atoms with E-state index in [4.69, 9.17) is 9.47 Å². The second kappa shape index (κ2) is 9.27. The maximum absolute atomic E-state index is 5.57. The molecule has 0 saturated heterocycles. The van der Waals surface area contributed by atoms with Gasteiger partial charge < -0.3 is 9.47 Å². The second-order valence-electron chi connectivity index (χ2n) is 7.15. The van der Waals surface area contributed by atoms with Gasteiger partial charge in [0.1, 0.15) is 11.5 Å². The van der Waals surface area contributed by atoms with Crippen LogP contribution in [0.4, 0.5) is 0 Å². The zero-order chi connectivity index (χ0) is 19.9. The standard InChI is InChI=1S/2C13H13O/c2*1-10(2)14-13-8-7-11-5-3-4-6-12(11)9-13/h2*3-8,10H,1-2H3. The molecule has 28 heavy (non-hydrogen) atoms. The minimum absolute atomic E-state index is 0.201. The van der Waals surface area contributed by atoms with E-state index >= 15 is 0 Å². The SMILES string of the molecule is CC(C)Oc1[c]c2ccccc2cc1.CC(C)Oc1[c]c2ccccc2cc1. The Kier molecular flexibility index (Phi) is 6.54. The first-order valence-corrected chi connectivity index (χ1v) is 9.67. The van der Waals surface area contributed by atoms with Gasteiger partial charge in [-0.1, -0.05) is 60.7 Å². The molecule has 0 amide bonds. The summed E-state index contributed by atoms with van der Waals surface area (Å²) in [5.41, 5.74) is 0. The van der Waals surface area contributed by atoms with Crippen LogP contribution in [0.1, 0.15) is 27.7 Å². The van der Waals surface area contributed by atoms with Crippen molar-refractivity contribution in [2.45, 2.75) is 39.9 Å². The van der Waals surface area contributed by atoms with Gasteiger partial charge in [0, 0.05) is 12.1 Å². The van der Waals surface area contributed by atoms with Gasteiger partial charge in [0.05, 0.1) is 12.2 Å². The number of hydrogen-bond acceptors (Lipinski definition) is 2. The molecule has 142 valence electrons. The van der Waals surface area contributed by atoms with E-state index in [1.807, 2.05) is 76.2 Å². The van der Waals surface area contributed by atoms with Crippen LogP contribution in [0.5, 0.6) is 11.5 Å². The minimum atomic E-state index is 0.201. The highest BCUT2D eigenvalue weighted by molar-refractivity contribution is 5.83. The minimum Gasteiger partial charge on any atom is -0.490 e. The quantitative estimate of drug-likeness (QED) is 0.391. The average molecular weight is 370 g/mol. The third kappa shape index (κ3) is 5.50. The maximum Gasteiger partial charge on any atom is 0.128 e. The van der Waals surface area contributed by atoms with Gasteiger partial charge in [-0.05, 0) is 61.4 Å². The summed E-state index contributed by atoms with van der Waals surface area (Å²) in [6, 6.07) is 30.8. The summed E-state index contributed by atoms with van der Waals surface area (Å²) in [6.45, 7) is 8.07.